The van der Waals surface area contributed by atoms with E-state index < -0.39 is 3.79 Å². The van der Waals surface area contributed by atoms with Gasteiger partial charge in [-0.25, -0.2) is 9.97 Å². The molecule has 4 nitrogen and oxygen atoms in total. The molecule has 0 aromatic carbocycles. The van der Waals surface area contributed by atoms with E-state index in [4.69, 9.17) is 39.5 Å². The van der Waals surface area contributed by atoms with Crippen LogP contribution in [0.15, 0.2) is 12.4 Å². The third-order valence-electron chi connectivity index (χ3n) is 1.69. The Labute approximate surface area is 114 Å². The van der Waals surface area contributed by atoms with Crippen LogP contribution in [0.1, 0.15) is 26.1 Å². The van der Waals surface area contributed by atoms with Crippen LogP contribution in [0.25, 0.3) is 0 Å². The van der Waals surface area contributed by atoms with Gasteiger partial charge in [0.25, 0.3) is 0 Å². The van der Waals surface area contributed by atoms with Gasteiger partial charge in [-0.05, 0) is 5.92 Å². The van der Waals surface area contributed by atoms with Crippen LogP contribution in [0, 0.1) is 5.92 Å². The fourth-order valence-corrected chi connectivity index (χ4v) is 1.31. The van der Waals surface area contributed by atoms with E-state index in [-0.39, 0.29) is 23.5 Å². The predicted octanol–water partition coefficient (Wildman–Crippen LogP) is 3.25. The van der Waals surface area contributed by atoms with Crippen molar-refractivity contribution in [3.63, 3.8) is 0 Å². The van der Waals surface area contributed by atoms with E-state index in [9.17, 15) is 4.79 Å². The second-order valence-corrected chi connectivity index (χ2v) is 6.09. The Bertz CT molecular complexity index is 388. The van der Waals surface area contributed by atoms with Crippen LogP contribution in [0.3, 0.4) is 0 Å². The molecule has 1 aromatic heterocycles. The second-order valence-electron chi connectivity index (χ2n) is 3.81. The van der Waals surface area contributed by atoms with E-state index in [0.29, 0.717) is 6.42 Å². The highest BCUT2D eigenvalue weighted by molar-refractivity contribution is 6.66. The van der Waals surface area contributed by atoms with Crippen LogP contribution < -0.4 is 4.74 Å². The highest BCUT2D eigenvalue weighted by Gasteiger charge is 2.26. The Balaban J connectivity index is 2.66. The lowest BCUT2D eigenvalue weighted by atomic mass is 10.1. The lowest BCUT2D eigenvalue weighted by Gasteiger charge is -2.09. The van der Waals surface area contributed by atoms with Gasteiger partial charge in [-0.2, -0.15) is 0 Å². The predicted molar refractivity (Wildman–Crippen MR) is 66.4 cm³/mol. The molecule has 1 heterocycles. The summed E-state index contributed by atoms with van der Waals surface area (Å²) in [5.74, 6) is 0.147. The molecule has 0 aliphatic rings. The number of halogens is 3. The molecule has 94 valence electrons. The molecule has 0 spiro atoms. The molecule has 0 aliphatic carbocycles. The minimum absolute atomic E-state index is 0.0335. The van der Waals surface area contributed by atoms with Gasteiger partial charge in [0.1, 0.15) is 0 Å². The molecular formula is C10H11Cl3N2O2. The summed E-state index contributed by atoms with van der Waals surface area (Å²) in [5, 5.41) is 0. The van der Waals surface area contributed by atoms with Gasteiger partial charge >= 0.3 is 5.97 Å². The van der Waals surface area contributed by atoms with Crippen molar-refractivity contribution in [2.24, 2.45) is 5.92 Å². The summed E-state index contributed by atoms with van der Waals surface area (Å²) in [5.41, 5.74) is 0. The maximum absolute atomic E-state index is 11.3. The molecule has 0 saturated heterocycles. The van der Waals surface area contributed by atoms with Crippen LogP contribution in [-0.2, 0) is 8.59 Å². The zero-order valence-corrected chi connectivity index (χ0v) is 11.6. The molecule has 0 N–H and O–H groups in total. The first-order chi connectivity index (χ1) is 7.79. The fraction of sp³-hybridized carbons (Fsp3) is 0.500. The van der Waals surface area contributed by atoms with Crippen molar-refractivity contribution in [3.8, 4) is 5.75 Å². The monoisotopic (exact) mass is 296 g/mol. The number of carbonyl (C=O) groups is 1. The van der Waals surface area contributed by atoms with Gasteiger partial charge in [-0.3, -0.25) is 4.79 Å². The van der Waals surface area contributed by atoms with Gasteiger partial charge in [0.15, 0.2) is 11.6 Å². The van der Waals surface area contributed by atoms with Crippen molar-refractivity contribution in [2.45, 2.75) is 24.1 Å². The van der Waals surface area contributed by atoms with Gasteiger partial charge in [0.05, 0.1) is 12.4 Å². The van der Waals surface area contributed by atoms with Crippen LogP contribution in [0.4, 0.5) is 0 Å². The van der Waals surface area contributed by atoms with E-state index in [2.05, 4.69) is 9.97 Å². The maximum Gasteiger partial charge on any atom is 0.311 e. The standard InChI is InChI=1S/C10H11Cl3N2O2/c1-6(2)3-8(16)17-7-4-14-9(15-5-7)10(11,12)13/h4-6H,3H2,1-2H3. The number of hydrogen-bond donors (Lipinski definition) is 0. The van der Waals surface area contributed by atoms with Crippen molar-refractivity contribution in [1.29, 1.82) is 0 Å². The van der Waals surface area contributed by atoms with Crippen molar-refractivity contribution in [2.75, 3.05) is 0 Å². The molecule has 0 atom stereocenters. The Kier molecular flexibility index (Phi) is 4.98. The SMILES string of the molecule is CC(C)CC(=O)Oc1cnc(C(Cl)(Cl)Cl)nc1. The van der Waals surface area contributed by atoms with Crippen molar-refractivity contribution < 1.29 is 9.53 Å². The molecule has 0 saturated carbocycles. The third-order valence-corrected chi connectivity index (χ3v) is 2.20. The molecular weight excluding hydrogens is 286 g/mol. The van der Waals surface area contributed by atoms with Crippen LogP contribution in [-0.4, -0.2) is 15.9 Å². The molecule has 0 amide bonds. The van der Waals surface area contributed by atoms with Crippen LogP contribution >= 0.6 is 34.8 Å². The normalized spacial score (nSPS) is 11.6. The lowest BCUT2D eigenvalue weighted by molar-refractivity contribution is -0.135. The average Bonchev–Trinajstić information content (AvgIpc) is 2.15. The molecule has 1 rings (SSSR count). The number of alkyl halides is 3. The van der Waals surface area contributed by atoms with Gasteiger partial charge < -0.3 is 4.74 Å². The molecule has 17 heavy (non-hydrogen) atoms. The molecule has 1 aromatic rings. The molecule has 0 bridgehead atoms. The Hall–Kier alpha value is -0.580. The first-order valence-corrected chi connectivity index (χ1v) is 6.02. The fourth-order valence-electron chi connectivity index (χ4n) is 1.02. The summed E-state index contributed by atoms with van der Waals surface area (Å²) < 4.78 is 3.32. The van der Waals surface area contributed by atoms with Gasteiger partial charge in [-0.1, -0.05) is 48.7 Å². The van der Waals surface area contributed by atoms with E-state index >= 15 is 0 Å². The van der Waals surface area contributed by atoms with E-state index in [1.54, 1.807) is 0 Å². The molecule has 0 aliphatic heterocycles. The number of esters is 1. The first-order valence-electron chi connectivity index (χ1n) is 4.89. The van der Waals surface area contributed by atoms with E-state index in [0.717, 1.165) is 0 Å². The summed E-state index contributed by atoms with van der Waals surface area (Å²) >= 11 is 16.8. The van der Waals surface area contributed by atoms with Crippen LogP contribution in [0.2, 0.25) is 0 Å². The lowest BCUT2D eigenvalue weighted by Crippen LogP contribution is -2.12. The third kappa shape index (κ3) is 5.06. The zero-order chi connectivity index (χ0) is 13.1. The number of carbonyl (C=O) groups excluding carboxylic acids is 1. The van der Waals surface area contributed by atoms with Gasteiger partial charge in [0.2, 0.25) is 3.79 Å². The zero-order valence-electron chi connectivity index (χ0n) is 9.28. The van der Waals surface area contributed by atoms with Crippen molar-refractivity contribution in [1.82, 2.24) is 9.97 Å². The van der Waals surface area contributed by atoms with Crippen molar-refractivity contribution in [3.05, 3.63) is 18.2 Å². The van der Waals surface area contributed by atoms with E-state index in [1.165, 1.54) is 12.4 Å². The summed E-state index contributed by atoms with van der Waals surface area (Å²) in [6.45, 7) is 3.84. The quantitative estimate of drug-likeness (QED) is 0.635. The minimum atomic E-state index is -1.68. The Morgan fingerprint density at radius 2 is 1.88 bits per heavy atom. The summed E-state index contributed by atoms with van der Waals surface area (Å²) in [4.78, 5) is 18.9. The number of ether oxygens (including phenoxy) is 1. The maximum atomic E-state index is 11.3. The number of hydrogen-bond acceptors (Lipinski definition) is 4. The summed E-state index contributed by atoms with van der Waals surface area (Å²) in [6.07, 6.45) is 2.91. The molecule has 0 unspecified atom stereocenters. The number of nitrogens with zero attached hydrogens (tertiary/aromatic N) is 2. The average molecular weight is 298 g/mol. The molecule has 7 heteroatoms. The largest absolute Gasteiger partial charge is 0.423 e. The second kappa shape index (κ2) is 5.85. The molecule has 0 fully saturated rings. The highest BCUT2D eigenvalue weighted by Crippen LogP contribution is 2.35. The summed E-state index contributed by atoms with van der Waals surface area (Å²) in [7, 11) is 0. The van der Waals surface area contributed by atoms with Gasteiger partial charge in [-0.15, -0.1) is 0 Å². The Morgan fingerprint density at radius 1 is 1.35 bits per heavy atom. The van der Waals surface area contributed by atoms with Crippen molar-refractivity contribution >= 4 is 40.8 Å². The van der Waals surface area contributed by atoms with Crippen LogP contribution in [0.5, 0.6) is 5.75 Å². The highest BCUT2D eigenvalue weighted by atomic mass is 35.6. The minimum Gasteiger partial charge on any atom is -0.423 e. The van der Waals surface area contributed by atoms with E-state index in [1.807, 2.05) is 13.8 Å². The smallest absolute Gasteiger partial charge is 0.311 e. The Morgan fingerprint density at radius 3 is 2.29 bits per heavy atom. The molecule has 0 radical (unpaired) electrons. The topological polar surface area (TPSA) is 52.1 Å². The van der Waals surface area contributed by atoms with Gasteiger partial charge in [0, 0.05) is 6.42 Å². The number of aromatic nitrogens is 2. The number of rotatable bonds is 3. The summed E-state index contributed by atoms with van der Waals surface area (Å²) in [6, 6.07) is 0. The first kappa shape index (κ1) is 14.5.